The number of likely N-dealkylation sites (tertiary alicyclic amines) is 1. The summed E-state index contributed by atoms with van der Waals surface area (Å²) in [5, 5.41) is 5.94. The molecule has 1 fully saturated rings. The van der Waals surface area contributed by atoms with E-state index in [4.69, 9.17) is 4.42 Å². The second kappa shape index (κ2) is 7.86. The average Bonchev–Trinajstić information content (AvgIpc) is 2.73. The molecule has 1 saturated heterocycles. The number of aryl methyl sites for hydroxylation is 2. The van der Waals surface area contributed by atoms with Gasteiger partial charge in [0.15, 0.2) is 0 Å². The summed E-state index contributed by atoms with van der Waals surface area (Å²) >= 11 is 0. The van der Waals surface area contributed by atoms with Crippen molar-refractivity contribution in [2.45, 2.75) is 53.6 Å². The molecule has 5 heteroatoms. The van der Waals surface area contributed by atoms with Gasteiger partial charge in [-0.3, -0.25) is 0 Å². The van der Waals surface area contributed by atoms with Gasteiger partial charge in [-0.25, -0.2) is 4.79 Å². The highest BCUT2D eigenvalue weighted by Gasteiger charge is 2.23. The third kappa shape index (κ3) is 5.57. The number of rotatable bonds is 5. The molecule has 2 N–H and O–H groups in total. The van der Waals surface area contributed by atoms with Gasteiger partial charge in [0, 0.05) is 37.8 Å². The summed E-state index contributed by atoms with van der Waals surface area (Å²) in [4.78, 5) is 14.5. The van der Waals surface area contributed by atoms with Crippen molar-refractivity contribution < 1.29 is 9.21 Å². The van der Waals surface area contributed by atoms with Gasteiger partial charge in [-0.2, -0.15) is 0 Å². The molecule has 0 bridgehead atoms. The van der Waals surface area contributed by atoms with Gasteiger partial charge in [0.05, 0.1) is 0 Å². The average molecular weight is 321 g/mol. The van der Waals surface area contributed by atoms with Gasteiger partial charge < -0.3 is 20.0 Å². The number of carbonyl (C=O) groups excluding carboxylic acids is 1. The number of carbonyl (C=O) groups is 1. The molecule has 1 aliphatic heterocycles. The molecular weight excluding hydrogens is 290 g/mol. The van der Waals surface area contributed by atoms with E-state index in [1.165, 1.54) is 6.42 Å². The molecule has 1 aromatic heterocycles. The van der Waals surface area contributed by atoms with Crippen LogP contribution >= 0.6 is 0 Å². The molecule has 3 unspecified atom stereocenters. The van der Waals surface area contributed by atoms with Crippen molar-refractivity contribution in [2.75, 3.05) is 19.6 Å². The second-order valence-electron chi connectivity index (χ2n) is 7.33. The summed E-state index contributed by atoms with van der Waals surface area (Å²) in [6.07, 6.45) is 1.31. The Morgan fingerprint density at radius 3 is 2.57 bits per heavy atom. The number of hydrogen-bond donors (Lipinski definition) is 2. The lowest BCUT2D eigenvalue weighted by Crippen LogP contribution is -2.49. The van der Waals surface area contributed by atoms with Crippen LogP contribution in [-0.4, -0.2) is 36.6 Å². The zero-order valence-corrected chi connectivity index (χ0v) is 15.1. The Kier molecular flexibility index (Phi) is 6.10. The number of amides is 2. The number of furan rings is 1. The maximum Gasteiger partial charge on any atom is 0.315 e. The molecule has 0 spiro atoms. The first-order valence-electron chi connectivity index (χ1n) is 8.66. The monoisotopic (exact) mass is 321 g/mol. The van der Waals surface area contributed by atoms with Gasteiger partial charge in [-0.05, 0) is 45.1 Å². The Morgan fingerprint density at radius 1 is 1.35 bits per heavy atom. The van der Waals surface area contributed by atoms with Crippen LogP contribution in [0, 0.1) is 25.7 Å². The van der Waals surface area contributed by atoms with Crippen LogP contribution < -0.4 is 10.6 Å². The molecule has 1 aromatic rings. The van der Waals surface area contributed by atoms with Crippen molar-refractivity contribution in [1.82, 2.24) is 15.5 Å². The fraction of sp³-hybridized carbons (Fsp3) is 0.722. The Balaban J connectivity index is 1.73. The first-order chi connectivity index (χ1) is 10.8. The third-order valence-electron chi connectivity index (χ3n) is 4.44. The summed E-state index contributed by atoms with van der Waals surface area (Å²) in [5.41, 5.74) is 1.03. The minimum Gasteiger partial charge on any atom is -0.466 e. The van der Waals surface area contributed by atoms with Crippen LogP contribution in [-0.2, 0) is 6.54 Å². The molecule has 0 saturated carbocycles. The van der Waals surface area contributed by atoms with Gasteiger partial charge >= 0.3 is 6.03 Å². The minimum atomic E-state index is -0.117. The van der Waals surface area contributed by atoms with E-state index < -0.39 is 0 Å². The lowest BCUT2D eigenvalue weighted by atomic mass is 9.92. The van der Waals surface area contributed by atoms with Crippen molar-refractivity contribution >= 4 is 6.03 Å². The predicted octanol–water partition coefficient (Wildman–Crippen LogP) is 3.06. The standard InChI is InChI=1S/C18H31N3O2/c1-12-6-13(2)10-21(9-12)11-14(3)20-18(22)19-8-17-7-15(4)23-16(17)5/h7,12-14H,6,8-11H2,1-5H3,(H2,19,20,22). The van der Waals surface area contributed by atoms with Crippen molar-refractivity contribution in [2.24, 2.45) is 11.8 Å². The number of hydrogen-bond acceptors (Lipinski definition) is 3. The molecule has 130 valence electrons. The van der Waals surface area contributed by atoms with Gasteiger partial charge in [0.25, 0.3) is 0 Å². The molecule has 1 aliphatic rings. The van der Waals surface area contributed by atoms with E-state index in [1.54, 1.807) is 0 Å². The Morgan fingerprint density at radius 2 is 2.00 bits per heavy atom. The fourth-order valence-corrected chi connectivity index (χ4v) is 3.68. The van der Waals surface area contributed by atoms with Crippen LogP contribution in [0.25, 0.3) is 0 Å². The molecule has 0 aliphatic carbocycles. The minimum absolute atomic E-state index is 0.117. The second-order valence-corrected chi connectivity index (χ2v) is 7.33. The van der Waals surface area contributed by atoms with Crippen LogP contribution in [0.4, 0.5) is 4.79 Å². The van der Waals surface area contributed by atoms with Crippen molar-refractivity contribution in [1.29, 1.82) is 0 Å². The highest BCUT2D eigenvalue weighted by atomic mass is 16.3. The summed E-state index contributed by atoms with van der Waals surface area (Å²) in [6, 6.07) is 1.99. The van der Waals surface area contributed by atoms with Crippen molar-refractivity contribution in [3.63, 3.8) is 0 Å². The van der Waals surface area contributed by atoms with Crippen LogP contribution in [0.3, 0.4) is 0 Å². The highest BCUT2D eigenvalue weighted by Crippen LogP contribution is 2.20. The SMILES string of the molecule is Cc1cc(CNC(=O)NC(C)CN2CC(C)CC(C)C2)c(C)o1. The van der Waals surface area contributed by atoms with Crippen LogP contribution in [0.15, 0.2) is 10.5 Å². The lowest BCUT2D eigenvalue weighted by Gasteiger charge is -2.36. The quantitative estimate of drug-likeness (QED) is 0.876. The summed E-state index contributed by atoms with van der Waals surface area (Å²) in [5.74, 6) is 3.23. The predicted molar refractivity (Wildman–Crippen MR) is 92.4 cm³/mol. The smallest absolute Gasteiger partial charge is 0.315 e. The normalized spacial score (nSPS) is 23.5. The molecule has 5 nitrogen and oxygen atoms in total. The van der Waals surface area contributed by atoms with Gasteiger partial charge in [0.1, 0.15) is 11.5 Å². The van der Waals surface area contributed by atoms with Gasteiger partial charge in [-0.15, -0.1) is 0 Å². The maximum absolute atomic E-state index is 12.0. The van der Waals surface area contributed by atoms with E-state index in [1.807, 2.05) is 19.9 Å². The summed E-state index contributed by atoms with van der Waals surface area (Å²) in [6.45, 7) is 14.2. The molecule has 0 radical (unpaired) electrons. The van der Waals surface area contributed by atoms with Gasteiger partial charge in [-0.1, -0.05) is 13.8 Å². The molecule has 2 amide bonds. The van der Waals surface area contributed by atoms with Gasteiger partial charge in [0.2, 0.25) is 0 Å². The van der Waals surface area contributed by atoms with Crippen molar-refractivity contribution in [3.05, 3.63) is 23.2 Å². The van der Waals surface area contributed by atoms with E-state index in [0.29, 0.717) is 6.54 Å². The fourth-order valence-electron chi connectivity index (χ4n) is 3.68. The maximum atomic E-state index is 12.0. The summed E-state index contributed by atoms with van der Waals surface area (Å²) < 4.78 is 5.47. The largest absolute Gasteiger partial charge is 0.466 e. The number of urea groups is 1. The highest BCUT2D eigenvalue weighted by molar-refractivity contribution is 5.74. The Labute approximate surface area is 139 Å². The number of nitrogens with one attached hydrogen (secondary N) is 2. The zero-order valence-electron chi connectivity index (χ0n) is 15.1. The van der Waals surface area contributed by atoms with E-state index in [9.17, 15) is 4.79 Å². The number of nitrogens with zero attached hydrogens (tertiary/aromatic N) is 1. The first kappa shape index (κ1) is 17.9. The Bertz CT molecular complexity index is 516. The molecule has 2 heterocycles. The molecule has 23 heavy (non-hydrogen) atoms. The van der Waals surface area contributed by atoms with Crippen LogP contribution in [0.2, 0.25) is 0 Å². The number of piperidine rings is 1. The first-order valence-corrected chi connectivity index (χ1v) is 8.66. The summed E-state index contributed by atoms with van der Waals surface area (Å²) in [7, 11) is 0. The van der Waals surface area contributed by atoms with Crippen LogP contribution in [0.1, 0.15) is 44.3 Å². The molecule has 3 atom stereocenters. The van der Waals surface area contributed by atoms with Crippen LogP contribution in [0.5, 0.6) is 0 Å². The lowest BCUT2D eigenvalue weighted by molar-refractivity contribution is 0.131. The Hall–Kier alpha value is -1.49. The third-order valence-corrected chi connectivity index (χ3v) is 4.44. The molecule has 2 rings (SSSR count). The van der Waals surface area contributed by atoms with E-state index in [-0.39, 0.29) is 12.1 Å². The van der Waals surface area contributed by atoms with E-state index >= 15 is 0 Å². The van der Waals surface area contributed by atoms with Crippen molar-refractivity contribution in [3.8, 4) is 0 Å². The molecule has 0 aromatic carbocycles. The van der Waals surface area contributed by atoms with E-state index in [2.05, 4.69) is 36.3 Å². The zero-order chi connectivity index (χ0) is 17.0. The molecular formula is C18H31N3O2. The van der Waals surface area contributed by atoms with E-state index in [0.717, 1.165) is 48.6 Å². The topological polar surface area (TPSA) is 57.5 Å².